The molecule has 0 N–H and O–H groups in total. The minimum Gasteiger partial charge on any atom is -0.493 e. The number of hydrogen-bond donors (Lipinski definition) is 0. The largest absolute Gasteiger partial charge is 0.493 e. The van der Waals surface area contributed by atoms with Gasteiger partial charge in [0.2, 0.25) is 5.91 Å². The van der Waals surface area contributed by atoms with Crippen LogP contribution < -0.4 is 19.3 Å². The Bertz CT molecular complexity index is 1550. The zero-order chi connectivity index (χ0) is 30.3. The highest BCUT2D eigenvalue weighted by molar-refractivity contribution is 5.95. The predicted molar refractivity (Wildman–Crippen MR) is 170 cm³/mol. The fourth-order valence-electron chi connectivity index (χ4n) is 5.55. The van der Waals surface area contributed by atoms with Gasteiger partial charge in [0.05, 0.1) is 25.6 Å². The summed E-state index contributed by atoms with van der Waals surface area (Å²) in [4.78, 5) is 36.5. The number of urea groups is 1. The number of carbonyl (C=O) groups is 2. The van der Waals surface area contributed by atoms with Crippen molar-refractivity contribution in [3.63, 3.8) is 0 Å². The van der Waals surface area contributed by atoms with Crippen LogP contribution in [0, 0.1) is 0 Å². The molecule has 1 saturated heterocycles. The zero-order valence-corrected chi connectivity index (χ0v) is 25.5. The second kappa shape index (κ2) is 13.6. The van der Waals surface area contributed by atoms with E-state index in [0.29, 0.717) is 31.2 Å². The SMILES string of the molecule is CCCCCOc1cc(N2CC[C@H](C)N(Cc3cccc4c3ccn4CC(=O)N(C)c3cccnc3)C2=O)ccc1OC. The molecule has 0 spiro atoms. The molecule has 3 heterocycles. The zero-order valence-electron chi connectivity index (χ0n) is 25.5. The number of anilines is 2. The highest BCUT2D eigenvalue weighted by atomic mass is 16.5. The molecule has 0 saturated carbocycles. The summed E-state index contributed by atoms with van der Waals surface area (Å²) >= 11 is 0. The Balaban J connectivity index is 1.33. The van der Waals surface area contributed by atoms with Crippen molar-refractivity contribution < 1.29 is 19.1 Å². The molecule has 1 aliphatic rings. The minimum absolute atomic E-state index is 0.0365. The van der Waals surface area contributed by atoms with Gasteiger partial charge in [-0.15, -0.1) is 0 Å². The van der Waals surface area contributed by atoms with Gasteiger partial charge in [0.25, 0.3) is 0 Å². The fourth-order valence-corrected chi connectivity index (χ4v) is 5.55. The number of nitrogens with zero attached hydrogens (tertiary/aromatic N) is 5. The molecule has 0 unspecified atom stereocenters. The summed E-state index contributed by atoms with van der Waals surface area (Å²) in [6, 6.07) is 17.5. The molecular formula is C34H41N5O4. The van der Waals surface area contributed by atoms with E-state index in [1.807, 2.05) is 69.1 Å². The maximum absolute atomic E-state index is 13.9. The Morgan fingerprint density at radius 1 is 1.09 bits per heavy atom. The van der Waals surface area contributed by atoms with E-state index in [0.717, 1.165) is 53.5 Å². The third-order valence-corrected chi connectivity index (χ3v) is 8.20. The van der Waals surface area contributed by atoms with E-state index in [2.05, 4.69) is 24.9 Å². The van der Waals surface area contributed by atoms with Crippen molar-refractivity contribution in [1.29, 1.82) is 0 Å². The van der Waals surface area contributed by atoms with Crippen molar-refractivity contribution in [2.75, 3.05) is 37.1 Å². The number of fused-ring (bicyclic) bond motifs is 1. The quantitative estimate of drug-likeness (QED) is 0.178. The molecular weight excluding hydrogens is 542 g/mol. The molecule has 1 aliphatic heterocycles. The number of ether oxygens (including phenoxy) is 2. The molecule has 2 aromatic heterocycles. The summed E-state index contributed by atoms with van der Waals surface area (Å²) in [7, 11) is 3.39. The first-order valence-electron chi connectivity index (χ1n) is 15.0. The Morgan fingerprint density at radius 2 is 1.95 bits per heavy atom. The van der Waals surface area contributed by atoms with Crippen LogP contribution in [0.2, 0.25) is 0 Å². The third-order valence-electron chi connectivity index (χ3n) is 8.20. The maximum atomic E-state index is 13.9. The molecule has 1 atom stereocenters. The predicted octanol–water partition coefficient (Wildman–Crippen LogP) is 6.50. The van der Waals surface area contributed by atoms with Crippen LogP contribution >= 0.6 is 0 Å². The van der Waals surface area contributed by atoms with Crippen molar-refractivity contribution in [3.8, 4) is 11.5 Å². The van der Waals surface area contributed by atoms with Crippen molar-refractivity contribution in [1.82, 2.24) is 14.5 Å². The lowest BCUT2D eigenvalue weighted by Gasteiger charge is -2.40. The van der Waals surface area contributed by atoms with Gasteiger partial charge in [-0.2, -0.15) is 0 Å². The number of benzene rings is 2. The summed E-state index contributed by atoms with van der Waals surface area (Å²) < 4.78 is 13.5. The normalized spacial score (nSPS) is 15.2. The van der Waals surface area contributed by atoms with Gasteiger partial charge < -0.3 is 23.8 Å². The van der Waals surface area contributed by atoms with E-state index >= 15 is 0 Å². The van der Waals surface area contributed by atoms with Crippen LogP contribution in [-0.2, 0) is 17.9 Å². The van der Waals surface area contributed by atoms with Crippen LogP contribution in [0.3, 0.4) is 0 Å². The van der Waals surface area contributed by atoms with Gasteiger partial charge in [-0.3, -0.25) is 14.7 Å². The number of likely N-dealkylation sites (N-methyl/N-ethyl adjacent to an activating group) is 1. The lowest BCUT2D eigenvalue weighted by molar-refractivity contribution is -0.118. The van der Waals surface area contributed by atoms with E-state index in [9.17, 15) is 9.59 Å². The van der Waals surface area contributed by atoms with Gasteiger partial charge in [-0.25, -0.2) is 4.79 Å². The topological polar surface area (TPSA) is 80.1 Å². The third kappa shape index (κ3) is 6.61. The molecule has 5 rings (SSSR count). The smallest absolute Gasteiger partial charge is 0.325 e. The lowest BCUT2D eigenvalue weighted by atomic mass is 10.1. The van der Waals surface area contributed by atoms with E-state index in [4.69, 9.17) is 9.47 Å². The van der Waals surface area contributed by atoms with Gasteiger partial charge in [-0.1, -0.05) is 31.9 Å². The van der Waals surface area contributed by atoms with Crippen molar-refractivity contribution >= 4 is 34.2 Å². The van der Waals surface area contributed by atoms with Crippen LogP contribution in [0.25, 0.3) is 10.9 Å². The first-order valence-corrected chi connectivity index (χ1v) is 15.0. The Kier molecular flexibility index (Phi) is 9.49. The molecule has 9 nitrogen and oxygen atoms in total. The summed E-state index contributed by atoms with van der Waals surface area (Å²) in [5, 5.41) is 1.03. The molecule has 3 amide bonds. The maximum Gasteiger partial charge on any atom is 0.325 e. The van der Waals surface area contributed by atoms with Crippen LogP contribution in [0.1, 0.15) is 45.1 Å². The standard InChI is InChI=1S/C34H41N5O4/c1-5-6-7-20-43-32-21-27(13-14-31(32)42-4)38-19-15-25(2)39(34(38)41)23-26-10-8-12-30-29(26)16-18-37(30)24-33(40)36(3)28-11-9-17-35-22-28/h8-14,16-18,21-22,25H,5-7,15,19-20,23-24H2,1-4H3/t25-/m0/s1. The van der Waals surface area contributed by atoms with Crippen LogP contribution in [-0.4, -0.2) is 59.7 Å². The number of methoxy groups -OCH3 is 1. The monoisotopic (exact) mass is 583 g/mol. The van der Waals surface area contributed by atoms with Gasteiger partial charge >= 0.3 is 6.03 Å². The Hall–Kier alpha value is -4.53. The van der Waals surface area contributed by atoms with Gasteiger partial charge in [0, 0.05) is 61.2 Å². The average Bonchev–Trinajstić information content (AvgIpc) is 3.44. The first-order chi connectivity index (χ1) is 20.9. The number of amides is 3. The molecule has 226 valence electrons. The summed E-state index contributed by atoms with van der Waals surface area (Å²) in [6.07, 6.45) is 9.35. The second-order valence-electron chi connectivity index (χ2n) is 11.0. The second-order valence-corrected chi connectivity index (χ2v) is 11.0. The number of hydrogen-bond acceptors (Lipinski definition) is 5. The number of aromatic nitrogens is 2. The highest BCUT2D eigenvalue weighted by Gasteiger charge is 2.32. The van der Waals surface area contributed by atoms with E-state index in [1.165, 1.54) is 0 Å². The van der Waals surface area contributed by atoms with Crippen molar-refractivity contribution in [2.24, 2.45) is 0 Å². The van der Waals surface area contributed by atoms with E-state index in [1.54, 1.807) is 31.5 Å². The summed E-state index contributed by atoms with van der Waals surface area (Å²) in [5.41, 5.74) is 3.55. The van der Waals surface area contributed by atoms with Crippen molar-refractivity contribution in [3.05, 3.63) is 78.8 Å². The molecule has 0 aliphatic carbocycles. The summed E-state index contributed by atoms with van der Waals surface area (Å²) in [5.74, 6) is 1.28. The molecule has 2 aromatic carbocycles. The number of carbonyl (C=O) groups excluding carboxylic acids is 2. The fraction of sp³-hybridized carbons (Fsp3) is 0.382. The molecule has 4 aromatic rings. The molecule has 0 bridgehead atoms. The highest BCUT2D eigenvalue weighted by Crippen LogP contribution is 2.34. The van der Waals surface area contributed by atoms with E-state index in [-0.39, 0.29) is 24.5 Å². The van der Waals surface area contributed by atoms with Crippen molar-refractivity contribution in [2.45, 2.75) is 58.7 Å². The molecule has 1 fully saturated rings. The molecule has 0 radical (unpaired) electrons. The first kappa shape index (κ1) is 29.9. The lowest BCUT2D eigenvalue weighted by Crippen LogP contribution is -2.53. The Morgan fingerprint density at radius 3 is 2.72 bits per heavy atom. The number of rotatable bonds is 12. The number of pyridine rings is 1. The minimum atomic E-state index is -0.0421. The van der Waals surface area contributed by atoms with Gasteiger partial charge in [0.15, 0.2) is 11.5 Å². The Labute approximate surface area is 253 Å². The van der Waals surface area contributed by atoms with Crippen LogP contribution in [0.4, 0.5) is 16.2 Å². The number of unbranched alkanes of at least 4 members (excludes halogenated alkanes) is 2. The summed E-state index contributed by atoms with van der Waals surface area (Å²) in [6.45, 7) is 6.18. The van der Waals surface area contributed by atoms with Crippen LogP contribution in [0.15, 0.2) is 73.2 Å². The average molecular weight is 584 g/mol. The van der Waals surface area contributed by atoms with E-state index < -0.39 is 0 Å². The van der Waals surface area contributed by atoms with Gasteiger partial charge in [-0.05, 0) is 61.7 Å². The van der Waals surface area contributed by atoms with Crippen LogP contribution in [0.5, 0.6) is 11.5 Å². The molecule has 43 heavy (non-hydrogen) atoms. The molecule has 9 heteroatoms. The van der Waals surface area contributed by atoms with Gasteiger partial charge in [0.1, 0.15) is 6.54 Å².